The van der Waals surface area contributed by atoms with E-state index in [4.69, 9.17) is 9.07 Å². The minimum Gasteiger partial charge on any atom is -0.464 e. The van der Waals surface area contributed by atoms with Crippen molar-refractivity contribution in [3.8, 4) is 0 Å². The predicted molar refractivity (Wildman–Crippen MR) is 118 cm³/mol. The first-order valence-corrected chi connectivity index (χ1v) is 9.99. The third kappa shape index (κ3) is 5.03. The molecule has 1 atom stereocenters. The SMILES string of the molecule is O=C(N[C@@H](Cc1coc2ccccc12)OB(O)O)C(c1ccccc1)c1ccccc1. The van der Waals surface area contributed by atoms with Gasteiger partial charge in [-0.3, -0.25) is 4.79 Å². The highest BCUT2D eigenvalue weighted by atomic mass is 16.6. The zero-order valence-corrected chi connectivity index (χ0v) is 16.7. The molecule has 0 radical (unpaired) electrons. The highest BCUT2D eigenvalue weighted by molar-refractivity contribution is 6.32. The van der Waals surface area contributed by atoms with Crippen LogP contribution in [-0.2, 0) is 15.9 Å². The maximum Gasteiger partial charge on any atom is 0.635 e. The van der Waals surface area contributed by atoms with Crippen LogP contribution in [0, 0.1) is 0 Å². The van der Waals surface area contributed by atoms with E-state index in [1.807, 2.05) is 84.9 Å². The number of furan rings is 1. The first-order chi connectivity index (χ1) is 15.1. The van der Waals surface area contributed by atoms with Crippen LogP contribution in [0.1, 0.15) is 22.6 Å². The van der Waals surface area contributed by atoms with Crippen LogP contribution in [0.2, 0.25) is 0 Å². The molecule has 31 heavy (non-hydrogen) atoms. The molecule has 4 aromatic rings. The topological polar surface area (TPSA) is 91.9 Å². The summed E-state index contributed by atoms with van der Waals surface area (Å²) in [6, 6.07) is 26.3. The number of benzene rings is 3. The van der Waals surface area contributed by atoms with Gasteiger partial charge in [0.2, 0.25) is 5.91 Å². The lowest BCUT2D eigenvalue weighted by Gasteiger charge is -2.23. The van der Waals surface area contributed by atoms with Crippen LogP contribution in [0.3, 0.4) is 0 Å². The van der Waals surface area contributed by atoms with Crippen molar-refractivity contribution in [2.24, 2.45) is 0 Å². The van der Waals surface area contributed by atoms with E-state index in [1.54, 1.807) is 6.26 Å². The maximum atomic E-state index is 13.4. The van der Waals surface area contributed by atoms with Crippen LogP contribution < -0.4 is 5.32 Å². The van der Waals surface area contributed by atoms with Gasteiger partial charge in [0.15, 0.2) is 0 Å². The molecule has 0 unspecified atom stereocenters. The normalized spacial score (nSPS) is 12.1. The zero-order chi connectivity index (χ0) is 21.6. The van der Waals surface area contributed by atoms with Gasteiger partial charge in [-0.2, -0.15) is 0 Å². The molecule has 0 fully saturated rings. The first-order valence-electron chi connectivity index (χ1n) is 9.99. The van der Waals surface area contributed by atoms with E-state index in [2.05, 4.69) is 5.32 Å². The van der Waals surface area contributed by atoms with Crippen LogP contribution in [0.25, 0.3) is 11.0 Å². The Hall–Kier alpha value is -3.39. The number of amides is 1. The van der Waals surface area contributed by atoms with Crippen molar-refractivity contribution in [3.05, 3.63) is 108 Å². The van der Waals surface area contributed by atoms with Crippen molar-refractivity contribution in [2.45, 2.75) is 18.6 Å². The molecule has 0 saturated carbocycles. The molecule has 0 bridgehead atoms. The molecule has 1 aromatic heterocycles. The fraction of sp³-hybridized carbons (Fsp3) is 0.125. The molecule has 3 aromatic carbocycles. The summed E-state index contributed by atoms with van der Waals surface area (Å²) in [5.74, 6) is -0.888. The van der Waals surface area contributed by atoms with E-state index in [0.29, 0.717) is 5.58 Å². The van der Waals surface area contributed by atoms with Gasteiger partial charge in [0.1, 0.15) is 11.8 Å². The molecule has 0 saturated heterocycles. The fourth-order valence-electron chi connectivity index (χ4n) is 3.70. The highest BCUT2D eigenvalue weighted by Gasteiger charge is 2.28. The largest absolute Gasteiger partial charge is 0.635 e. The number of fused-ring (bicyclic) bond motifs is 1. The molecule has 3 N–H and O–H groups in total. The lowest BCUT2D eigenvalue weighted by Crippen LogP contribution is -2.44. The van der Waals surface area contributed by atoms with Crippen molar-refractivity contribution in [3.63, 3.8) is 0 Å². The molecule has 156 valence electrons. The lowest BCUT2D eigenvalue weighted by atomic mass is 9.90. The van der Waals surface area contributed by atoms with E-state index < -0.39 is 19.5 Å². The molecule has 0 aliphatic carbocycles. The van der Waals surface area contributed by atoms with Crippen molar-refractivity contribution in [1.29, 1.82) is 0 Å². The van der Waals surface area contributed by atoms with Gasteiger partial charge in [-0.1, -0.05) is 78.9 Å². The Kier molecular flexibility index (Phi) is 6.47. The predicted octanol–water partition coefficient (Wildman–Crippen LogP) is 3.24. The monoisotopic (exact) mass is 415 g/mol. The molecule has 0 aliphatic rings. The van der Waals surface area contributed by atoms with Gasteiger partial charge in [-0.05, 0) is 17.2 Å². The Morgan fingerprint density at radius 2 is 1.48 bits per heavy atom. The minimum atomic E-state index is -2.03. The van der Waals surface area contributed by atoms with Crippen molar-refractivity contribution >= 4 is 24.2 Å². The first kappa shape index (κ1) is 20.9. The smallest absolute Gasteiger partial charge is 0.464 e. The molecule has 7 heteroatoms. The standard InChI is InChI=1S/C24H22BNO5/c27-24(23(17-9-3-1-4-10-17)18-11-5-2-6-12-18)26-22(31-25(28)29)15-19-16-30-21-14-8-7-13-20(19)21/h1-14,16,22-23,28-29H,15H2,(H,26,27)/t22-/m1/s1. The molecule has 0 aliphatic heterocycles. The van der Waals surface area contributed by atoms with E-state index in [0.717, 1.165) is 22.1 Å². The zero-order valence-electron chi connectivity index (χ0n) is 16.7. The van der Waals surface area contributed by atoms with Crippen molar-refractivity contribution in [1.82, 2.24) is 5.32 Å². The van der Waals surface area contributed by atoms with E-state index in [9.17, 15) is 14.8 Å². The van der Waals surface area contributed by atoms with Crippen LogP contribution in [0.4, 0.5) is 0 Å². The van der Waals surface area contributed by atoms with Crippen LogP contribution in [0.15, 0.2) is 95.6 Å². The Morgan fingerprint density at radius 3 is 2.10 bits per heavy atom. The molecule has 6 nitrogen and oxygen atoms in total. The van der Waals surface area contributed by atoms with Gasteiger partial charge < -0.3 is 24.4 Å². The van der Waals surface area contributed by atoms with E-state index >= 15 is 0 Å². The molecule has 4 rings (SSSR count). The number of para-hydroxylation sites is 1. The second-order valence-corrected chi connectivity index (χ2v) is 7.18. The van der Waals surface area contributed by atoms with Gasteiger partial charge in [0.05, 0.1) is 12.2 Å². The van der Waals surface area contributed by atoms with Crippen LogP contribution in [-0.4, -0.2) is 29.5 Å². The average molecular weight is 415 g/mol. The Morgan fingerprint density at radius 1 is 0.903 bits per heavy atom. The quantitative estimate of drug-likeness (QED) is 0.304. The Bertz CT molecular complexity index is 1090. The van der Waals surface area contributed by atoms with Crippen molar-refractivity contribution in [2.75, 3.05) is 0 Å². The highest BCUT2D eigenvalue weighted by Crippen LogP contribution is 2.26. The van der Waals surface area contributed by atoms with Gasteiger partial charge in [0.25, 0.3) is 0 Å². The molecular weight excluding hydrogens is 393 g/mol. The third-order valence-electron chi connectivity index (χ3n) is 5.08. The molecule has 1 heterocycles. The number of hydrogen-bond acceptors (Lipinski definition) is 5. The summed E-state index contributed by atoms with van der Waals surface area (Å²) in [6.45, 7) is 0. The van der Waals surface area contributed by atoms with Gasteiger partial charge >= 0.3 is 7.32 Å². The second kappa shape index (κ2) is 9.62. The van der Waals surface area contributed by atoms with Gasteiger partial charge in [0, 0.05) is 17.4 Å². The summed E-state index contributed by atoms with van der Waals surface area (Å²) in [7, 11) is -2.03. The minimum absolute atomic E-state index is 0.205. The molecule has 0 spiro atoms. The number of carbonyl (C=O) groups is 1. The summed E-state index contributed by atoms with van der Waals surface area (Å²) < 4.78 is 10.8. The van der Waals surface area contributed by atoms with Crippen LogP contribution >= 0.6 is 0 Å². The fourth-order valence-corrected chi connectivity index (χ4v) is 3.70. The van der Waals surface area contributed by atoms with Gasteiger partial charge in [-0.15, -0.1) is 0 Å². The van der Waals surface area contributed by atoms with Crippen molar-refractivity contribution < 1.29 is 23.9 Å². The van der Waals surface area contributed by atoms with Gasteiger partial charge in [-0.25, -0.2) is 0 Å². The van der Waals surface area contributed by atoms with E-state index in [1.165, 1.54) is 0 Å². The maximum absolute atomic E-state index is 13.4. The Balaban J connectivity index is 1.61. The molecule has 1 amide bonds. The summed E-state index contributed by atoms with van der Waals surface area (Å²) in [6.07, 6.45) is 0.822. The summed E-state index contributed by atoms with van der Waals surface area (Å²) in [4.78, 5) is 13.4. The summed E-state index contributed by atoms with van der Waals surface area (Å²) in [5, 5.41) is 22.5. The number of hydrogen-bond donors (Lipinski definition) is 3. The number of carbonyl (C=O) groups excluding carboxylic acids is 1. The third-order valence-corrected chi connectivity index (χ3v) is 5.08. The number of nitrogens with one attached hydrogen (secondary N) is 1. The Labute approximate surface area is 180 Å². The lowest BCUT2D eigenvalue weighted by molar-refractivity contribution is -0.124. The van der Waals surface area contributed by atoms with E-state index in [-0.39, 0.29) is 12.3 Å². The number of rotatable bonds is 8. The molecular formula is C24H22BNO5. The second-order valence-electron chi connectivity index (χ2n) is 7.18. The average Bonchev–Trinajstić information content (AvgIpc) is 3.18. The summed E-state index contributed by atoms with van der Waals surface area (Å²) in [5.41, 5.74) is 3.14. The van der Waals surface area contributed by atoms with Crippen LogP contribution in [0.5, 0.6) is 0 Å². The summed E-state index contributed by atoms with van der Waals surface area (Å²) >= 11 is 0.